The lowest BCUT2D eigenvalue weighted by Gasteiger charge is -2.16. The lowest BCUT2D eigenvalue weighted by Crippen LogP contribution is -2.39. The Hall–Kier alpha value is -1.26. The smallest absolute Gasteiger partial charge is 0.317 e. The van der Waals surface area contributed by atoms with E-state index in [4.69, 9.17) is 5.11 Å². The Morgan fingerprint density at radius 3 is 2.62 bits per heavy atom. The average molecular weight is 226 g/mol. The highest BCUT2D eigenvalue weighted by Crippen LogP contribution is 2.27. The number of carbonyl (C=O) groups excluding carboxylic acids is 1. The number of hydrogen-bond acceptors (Lipinski definition) is 2. The van der Waals surface area contributed by atoms with Crippen LogP contribution in [-0.4, -0.2) is 41.6 Å². The normalized spacial score (nSPS) is 24.5. The summed E-state index contributed by atoms with van der Waals surface area (Å²) in [5, 5.41) is 11.6. The van der Waals surface area contributed by atoms with E-state index < -0.39 is 5.97 Å². The number of hydrogen-bond donors (Lipinski definition) is 2. The van der Waals surface area contributed by atoms with Gasteiger partial charge in [-0.15, -0.1) is 0 Å². The maximum Gasteiger partial charge on any atom is 0.317 e. The van der Waals surface area contributed by atoms with Gasteiger partial charge in [-0.25, -0.2) is 4.79 Å². The van der Waals surface area contributed by atoms with Crippen LogP contribution in [0, 0.1) is 11.8 Å². The van der Waals surface area contributed by atoms with Crippen LogP contribution in [0.4, 0.5) is 4.79 Å². The molecule has 0 aromatic carbocycles. The minimum Gasteiger partial charge on any atom is -0.481 e. The van der Waals surface area contributed by atoms with Gasteiger partial charge in [0.2, 0.25) is 0 Å². The minimum atomic E-state index is -0.773. The molecule has 1 saturated heterocycles. The van der Waals surface area contributed by atoms with Crippen molar-refractivity contribution >= 4 is 12.0 Å². The zero-order chi connectivity index (χ0) is 11.5. The molecule has 16 heavy (non-hydrogen) atoms. The molecule has 2 amide bonds. The minimum absolute atomic E-state index is 0.0280. The molecule has 1 heterocycles. The molecule has 1 atom stereocenters. The van der Waals surface area contributed by atoms with Crippen molar-refractivity contribution in [1.29, 1.82) is 0 Å². The number of carboxylic acid groups (broad SMARTS) is 1. The third kappa shape index (κ3) is 3.12. The van der Waals surface area contributed by atoms with E-state index in [9.17, 15) is 9.59 Å². The summed E-state index contributed by atoms with van der Waals surface area (Å²) in [7, 11) is 0. The Morgan fingerprint density at radius 2 is 2.00 bits per heavy atom. The predicted molar refractivity (Wildman–Crippen MR) is 58.1 cm³/mol. The van der Waals surface area contributed by atoms with E-state index in [2.05, 4.69) is 5.32 Å². The van der Waals surface area contributed by atoms with Gasteiger partial charge in [-0.2, -0.15) is 0 Å². The van der Waals surface area contributed by atoms with Crippen molar-refractivity contribution in [2.75, 3.05) is 19.6 Å². The molecule has 2 rings (SSSR count). The molecule has 5 nitrogen and oxygen atoms in total. The number of rotatable bonds is 4. The first kappa shape index (κ1) is 11.2. The van der Waals surface area contributed by atoms with Crippen LogP contribution in [0.1, 0.15) is 25.7 Å². The van der Waals surface area contributed by atoms with Gasteiger partial charge in [-0.1, -0.05) is 0 Å². The highest BCUT2D eigenvalue weighted by Gasteiger charge is 2.29. The first-order chi connectivity index (χ1) is 7.65. The maximum absolute atomic E-state index is 11.7. The van der Waals surface area contributed by atoms with E-state index in [1.807, 2.05) is 0 Å². The number of nitrogens with zero attached hydrogens (tertiary/aromatic N) is 1. The van der Waals surface area contributed by atoms with E-state index in [0.29, 0.717) is 19.0 Å². The molecule has 2 fully saturated rings. The molecular formula is C11H18N2O3. The van der Waals surface area contributed by atoms with Gasteiger partial charge < -0.3 is 15.3 Å². The lowest BCUT2D eigenvalue weighted by molar-refractivity contribution is -0.138. The van der Waals surface area contributed by atoms with Crippen LogP contribution in [0.2, 0.25) is 0 Å². The summed E-state index contributed by atoms with van der Waals surface area (Å²) in [4.78, 5) is 23.9. The molecule has 0 bridgehead atoms. The fourth-order valence-corrected chi connectivity index (χ4v) is 2.10. The van der Waals surface area contributed by atoms with Gasteiger partial charge in [0.25, 0.3) is 0 Å². The van der Waals surface area contributed by atoms with Gasteiger partial charge in [0, 0.05) is 26.1 Å². The third-order valence-electron chi connectivity index (χ3n) is 3.28. The quantitative estimate of drug-likeness (QED) is 0.748. The number of aliphatic carboxylic acids is 1. The highest BCUT2D eigenvalue weighted by molar-refractivity contribution is 5.74. The second-order valence-corrected chi connectivity index (χ2v) is 4.83. The SMILES string of the molecule is O=C(O)CC1CCN(C(=O)NCC2CC2)C1. The van der Waals surface area contributed by atoms with Gasteiger partial charge in [0.1, 0.15) is 0 Å². The number of likely N-dealkylation sites (tertiary alicyclic amines) is 1. The maximum atomic E-state index is 11.7. The van der Waals surface area contributed by atoms with E-state index in [1.165, 1.54) is 12.8 Å². The molecule has 1 saturated carbocycles. The van der Waals surface area contributed by atoms with Crippen LogP contribution in [0.5, 0.6) is 0 Å². The number of amides is 2. The second-order valence-electron chi connectivity index (χ2n) is 4.83. The Kier molecular flexibility index (Phi) is 3.31. The van der Waals surface area contributed by atoms with Crippen molar-refractivity contribution in [2.24, 2.45) is 11.8 Å². The third-order valence-corrected chi connectivity index (χ3v) is 3.28. The Balaban J connectivity index is 1.69. The molecule has 5 heteroatoms. The first-order valence-corrected chi connectivity index (χ1v) is 5.89. The van der Waals surface area contributed by atoms with Gasteiger partial charge in [0.05, 0.1) is 0 Å². The highest BCUT2D eigenvalue weighted by atomic mass is 16.4. The molecule has 0 aromatic heterocycles. The fraction of sp³-hybridized carbons (Fsp3) is 0.818. The summed E-state index contributed by atoms with van der Waals surface area (Å²) in [6.07, 6.45) is 3.43. The van der Waals surface area contributed by atoms with Crippen LogP contribution in [0.3, 0.4) is 0 Å². The number of carbonyl (C=O) groups is 2. The van der Waals surface area contributed by atoms with Gasteiger partial charge in [-0.05, 0) is 31.1 Å². The molecule has 1 unspecified atom stereocenters. The monoisotopic (exact) mass is 226 g/mol. The van der Waals surface area contributed by atoms with Crippen LogP contribution in [0.15, 0.2) is 0 Å². The molecule has 0 radical (unpaired) electrons. The zero-order valence-corrected chi connectivity index (χ0v) is 9.32. The molecule has 0 spiro atoms. The van der Waals surface area contributed by atoms with Crippen LogP contribution in [-0.2, 0) is 4.79 Å². The zero-order valence-electron chi connectivity index (χ0n) is 9.32. The van der Waals surface area contributed by atoms with Crippen molar-refractivity contribution in [3.8, 4) is 0 Å². The summed E-state index contributed by atoms with van der Waals surface area (Å²) in [6.45, 7) is 2.05. The largest absolute Gasteiger partial charge is 0.481 e. The number of urea groups is 1. The topological polar surface area (TPSA) is 69.6 Å². The number of carboxylic acids is 1. The van der Waals surface area contributed by atoms with Crippen LogP contribution in [0.25, 0.3) is 0 Å². The first-order valence-electron chi connectivity index (χ1n) is 5.89. The number of nitrogens with one attached hydrogen (secondary N) is 1. The molecular weight excluding hydrogens is 208 g/mol. The van der Waals surface area contributed by atoms with Crippen molar-refractivity contribution in [3.63, 3.8) is 0 Å². The van der Waals surface area contributed by atoms with Crippen molar-refractivity contribution < 1.29 is 14.7 Å². The van der Waals surface area contributed by atoms with E-state index in [-0.39, 0.29) is 18.4 Å². The Labute approximate surface area is 94.8 Å². The summed E-state index contributed by atoms with van der Waals surface area (Å²) in [5.74, 6) is 0.0378. The lowest BCUT2D eigenvalue weighted by atomic mass is 10.1. The predicted octanol–water partition coefficient (Wildman–Crippen LogP) is 0.903. The molecule has 90 valence electrons. The Bertz CT molecular complexity index is 289. The average Bonchev–Trinajstić information content (AvgIpc) is 2.94. The molecule has 0 aromatic rings. The van der Waals surface area contributed by atoms with Gasteiger partial charge >= 0.3 is 12.0 Å². The second kappa shape index (κ2) is 4.72. The van der Waals surface area contributed by atoms with E-state index >= 15 is 0 Å². The molecule has 2 aliphatic rings. The van der Waals surface area contributed by atoms with Crippen molar-refractivity contribution in [3.05, 3.63) is 0 Å². The van der Waals surface area contributed by atoms with Crippen LogP contribution >= 0.6 is 0 Å². The molecule has 1 aliphatic carbocycles. The van der Waals surface area contributed by atoms with Gasteiger partial charge in [0.15, 0.2) is 0 Å². The summed E-state index contributed by atoms with van der Waals surface area (Å²) < 4.78 is 0. The van der Waals surface area contributed by atoms with E-state index in [1.54, 1.807) is 4.90 Å². The molecule has 2 N–H and O–H groups in total. The standard InChI is InChI=1S/C11H18N2O3/c14-10(15)5-9-3-4-13(7-9)11(16)12-6-8-1-2-8/h8-9H,1-7H2,(H,12,16)(H,14,15). The van der Waals surface area contributed by atoms with Crippen molar-refractivity contribution in [2.45, 2.75) is 25.7 Å². The van der Waals surface area contributed by atoms with E-state index in [0.717, 1.165) is 13.0 Å². The summed E-state index contributed by atoms with van der Waals surface area (Å²) >= 11 is 0. The molecule has 1 aliphatic heterocycles. The fourth-order valence-electron chi connectivity index (χ4n) is 2.10. The summed E-state index contributed by atoms with van der Waals surface area (Å²) in [6, 6.07) is -0.0280. The Morgan fingerprint density at radius 1 is 1.25 bits per heavy atom. The van der Waals surface area contributed by atoms with Crippen LogP contribution < -0.4 is 5.32 Å². The summed E-state index contributed by atoms with van der Waals surface area (Å²) in [5.41, 5.74) is 0. The van der Waals surface area contributed by atoms with Crippen molar-refractivity contribution in [1.82, 2.24) is 10.2 Å². The van der Waals surface area contributed by atoms with Gasteiger partial charge in [-0.3, -0.25) is 4.79 Å².